The van der Waals surface area contributed by atoms with Crippen LogP contribution >= 0.6 is 0 Å². The highest BCUT2D eigenvalue weighted by Gasteiger charge is 2.10. The van der Waals surface area contributed by atoms with Crippen LogP contribution in [0.1, 0.15) is 24.6 Å². The topological polar surface area (TPSA) is 95.2 Å². The fraction of sp³-hybridized carbons (Fsp3) is 0.600. The van der Waals surface area contributed by atoms with Gasteiger partial charge in [0.25, 0.3) is 0 Å². The third-order valence-electron chi connectivity index (χ3n) is 2.28. The second-order valence-corrected chi connectivity index (χ2v) is 6.14. The molecule has 1 atom stereocenters. The molecule has 0 spiro atoms. The van der Waals surface area contributed by atoms with E-state index in [9.17, 15) is 8.42 Å². The number of hydrogen-bond donors (Lipinski definition) is 1. The Bertz CT molecular complexity index is 444. The van der Waals surface area contributed by atoms with Crippen molar-refractivity contribution in [3.8, 4) is 5.88 Å². The Morgan fingerprint density at radius 1 is 1.41 bits per heavy atom. The van der Waals surface area contributed by atoms with Gasteiger partial charge in [-0.15, -0.1) is 5.10 Å². The minimum atomic E-state index is -2.92. The van der Waals surface area contributed by atoms with E-state index in [0.717, 1.165) is 0 Å². The van der Waals surface area contributed by atoms with Crippen LogP contribution in [-0.4, -0.2) is 37.7 Å². The molecule has 0 aliphatic rings. The standard InChI is InChI=1S/C10H17N3O3S/c1-16-10-6-5-9(12-13-10)8(11)4-3-7-17(2,14)15/h5-6,8H,3-4,7,11H2,1-2H3. The van der Waals surface area contributed by atoms with E-state index in [2.05, 4.69) is 10.2 Å². The summed E-state index contributed by atoms with van der Waals surface area (Å²) in [4.78, 5) is 0. The molecule has 6 nitrogen and oxygen atoms in total. The number of nitrogens with zero attached hydrogens (tertiary/aromatic N) is 2. The molecule has 0 aromatic carbocycles. The van der Waals surface area contributed by atoms with Crippen molar-refractivity contribution in [2.75, 3.05) is 19.1 Å². The largest absolute Gasteiger partial charge is 0.480 e. The van der Waals surface area contributed by atoms with Crippen molar-refractivity contribution in [3.05, 3.63) is 17.8 Å². The average Bonchev–Trinajstić information content (AvgIpc) is 2.27. The molecule has 1 aromatic heterocycles. The highest BCUT2D eigenvalue weighted by atomic mass is 32.2. The monoisotopic (exact) mass is 259 g/mol. The van der Waals surface area contributed by atoms with Crippen LogP contribution in [0.2, 0.25) is 0 Å². The van der Waals surface area contributed by atoms with Crippen LogP contribution in [0, 0.1) is 0 Å². The maximum Gasteiger partial charge on any atom is 0.233 e. The minimum Gasteiger partial charge on any atom is -0.480 e. The number of hydrogen-bond acceptors (Lipinski definition) is 6. The second-order valence-electron chi connectivity index (χ2n) is 3.88. The molecular weight excluding hydrogens is 242 g/mol. The van der Waals surface area contributed by atoms with Gasteiger partial charge < -0.3 is 10.5 Å². The van der Waals surface area contributed by atoms with Gasteiger partial charge in [0.1, 0.15) is 9.84 Å². The molecule has 96 valence electrons. The SMILES string of the molecule is COc1ccc(C(N)CCCS(C)(=O)=O)nn1. The molecule has 1 heterocycles. The van der Waals surface area contributed by atoms with Crippen LogP contribution < -0.4 is 10.5 Å². The number of nitrogens with two attached hydrogens (primary N) is 1. The first-order valence-corrected chi connectivity index (χ1v) is 7.29. The molecule has 1 aromatic rings. The van der Waals surface area contributed by atoms with Gasteiger partial charge in [-0.1, -0.05) is 0 Å². The van der Waals surface area contributed by atoms with Gasteiger partial charge in [-0.3, -0.25) is 0 Å². The Balaban J connectivity index is 2.49. The van der Waals surface area contributed by atoms with E-state index in [1.54, 1.807) is 12.1 Å². The molecule has 1 unspecified atom stereocenters. The Morgan fingerprint density at radius 2 is 2.12 bits per heavy atom. The number of methoxy groups -OCH3 is 1. The zero-order valence-electron chi connectivity index (χ0n) is 9.96. The first-order valence-electron chi connectivity index (χ1n) is 5.23. The Labute approximate surface area is 101 Å². The first kappa shape index (κ1) is 13.9. The zero-order valence-corrected chi connectivity index (χ0v) is 10.8. The molecule has 0 amide bonds. The first-order chi connectivity index (χ1) is 7.92. The molecular formula is C10H17N3O3S. The van der Waals surface area contributed by atoms with E-state index in [0.29, 0.717) is 24.4 Å². The molecule has 7 heteroatoms. The van der Waals surface area contributed by atoms with Crippen molar-refractivity contribution in [2.45, 2.75) is 18.9 Å². The van der Waals surface area contributed by atoms with E-state index in [1.165, 1.54) is 13.4 Å². The van der Waals surface area contributed by atoms with Gasteiger partial charge in [0.15, 0.2) is 0 Å². The zero-order chi connectivity index (χ0) is 12.9. The fourth-order valence-corrected chi connectivity index (χ4v) is 2.04. The van der Waals surface area contributed by atoms with Gasteiger partial charge in [0, 0.05) is 24.1 Å². The predicted molar refractivity (Wildman–Crippen MR) is 64.5 cm³/mol. The highest BCUT2D eigenvalue weighted by molar-refractivity contribution is 7.90. The summed E-state index contributed by atoms with van der Waals surface area (Å²) < 4.78 is 26.8. The summed E-state index contributed by atoms with van der Waals surface area (Å²) in [6.07, 6.45) is 2.30. The van der Waals surface area contributed by atoms with Gasteiger partial charge in [0.05, 0.1) is 12.8 Å². The lowest BCUT2D eigenvalue weighted by atomic mass is 10.1. The molecule has 0 bridgehead atoms. The van der Waals surface area contributed by atoms with E-state index in [-0.39, 0.29) is 11.8 Å². The molecule has 0 fully saturated rings. The summed E-state index contributed by atoms with van der Waals surface area (Å²) in [6, 6.07) is 3.12. The van der Waals surface area contributed by atoms with Crippen molar-refractivity contribution in [1.29, 1.82) is 0 Å². The van der Waals surface area contributed by atoms with Gasteiger partial charge in [0.2, 0.25) is 5.88 Å². The van der Waals surface area contributed by atoms with Gasteiger partial charge >= 0.3 is 0 Å². The molecule has 2 N–H and O–H groups in total. The molecule has 0 aliphatic heterocycles. The van der Waals surface area contributed by atoms with Crippen LogP contribution in [-0.2, 0) is 9.84 Å². The molecule has 17 heavy (non-hydrogen) atoms. The van der Waals surface area contributed by atoms with Gasteiger partial charge in [-0.05, 0) is 18.9 Å². The lowest BCUT2D eigenvalue weighted by molar-refractivity contribution is 0.390. The molecule has 0 aliphatic carbocycles. The van der Waals surface area contributed by atoms with E-state index in [4.69, 9.17) is 10.5 Å². The summed E-state index contributed by atoms with van der Waals surface area (Å²) in [7, 11) is -1.41. The van der Waals surface area contributed by atoms with Crippen molar-refractivity contribution < 1.29 is 13.2 Å². The summed E-state index contributed by atoms with van der Waals surface area (Å²) in [5, 5.41) is 7.72. The van der Waals surface area contributed by atoms with Gasteiger partial charge in [-0.2, -0.15) is 5.10 Å². The van der Waals surface area contributed by atoms with E-state index in [1.807, 2.05) is 0 Å². The van der Waals surface area contributed by atoms with Crippen LogP contribution in [0.4, 0.5) is 0 Å². The minimum absolute atomic E-state index is 0.143. The van der Waals surface area contributed by atoms with Crippen molar-refractivity contribution in [2.24, 2.45) is 5.73 Å². The van der Waals surface area contributed by atoms with Crippen LogP contribution in [0.25, 0.3) is 0 Å². The average molecular weight is 259 g/mol. The Morgan fingerprint density at radius 3 is 2.59 bits per heavy atom. The lowest BCUT2D eigenvalue weighted by Crippen LogP contribution is -2.14. The van der Waals surface area contributed by atoms with E-state index >= 15 is 0 Å². The smallest absolute Gasteiger partial charge is 0.233 e. The third-order valence-corrected chi connectivity index (χ3v) is 3.31. The normalized spacial score (nSPS) is 13.4. The van der Waals surface area contributed by atoms with Crippen LogP contribution in [0.3, 0.4) is 0 Å². The molecule has 0 saturated carbocycles. The van der Waals surface area contributed by atoms with Crippen molar-refractivity contribution in [1.82, 2.24) is 10.2 Å². The fourth-order valence-electron chi connectivity index (χ4n) is 1.35. The van der Waals surface area contributed by atoms with Crippen LogP contribution in [0.5, 0.6) is 5.88 Å². The Hall–Kier alpha value is -1.21. The van der Waals surface area contributed by atoms with Crippen molar-refractivity contribution >= 4 is 9.84 Å². The quantitative estimate of drug-likeness (QED) is 0.790. The highest BCUT2D eigenvalue weighted by Crippen LogP contribution is 2.14. The summed E-state index contributed by atoms with van der Waals surface area (Å²) in [5.41, 5.74) is 6.52. The van der Waals surface area contributed by atoms with Crippen molar-refractivity contribution in [3.63, 3.8) is 0 Å². The van der Waals surface area contributed by atoms with Crippen LogP contribution in [0.15, 0.2) is 12.1 Å². The summed E-state index contributed by atoms with van der Waals surface area (Å²) in [5.74, 6) is 0.571. The number of aromatic nitrogens is 2. The molecule has 0 saturated heterocycles. The Kier molecular flexibility index (Phi) is 4.83. The molecule has 1 rings (SSSR count). The number of ether oxygens (including phenoxy) is 1. The molecule has 0 radical (unpaired) electrons. The lowest BCUT2D eigenvalue weighted by Gasteiger charge is -2.09. The van der Waals surface area contributed by atoms with Gasteiger partial charge in [-0.25, -0.2) is 8.42 Å². The third kappa shape index (κ3) is 5.10. The predicted octanol–water partition coefficient (Wildman–Crippen LogP) is 0.310. The number of sulfone groups is 1. The maximum absolute atomic E-state index is 10.9. The summed E-state index contributed by atoms with van der Waals surface area (Å²) in [6.45, 7) is 0. The second kappa shape index (κ2) is 5.92. The number of rotatable bonds is 6. The van der Waals surface area contributed by atoms with E-state index < -0.39 is 9.84 Å². The maximum atomic E-state index is 10.9. The summed E-state index contributed by atoms with van der Waals surface area (Å²) >= 11 is 0.